The Bertz CT molecular complexity index is 957. The second-order valence-corrected chi connectivity index (χ2v) is 9.24. The second kappa shape index (κ2) is 7.37. The first-order chi connectivity index (χ1) is 13.4. The molecule has 2 unspecified atom stereocenters. The lowest BCUT2D eigenvalue weighted by molar-refractivity contribution is -0.120. The highest BCUT2D eigenvalue weighted by Crippen LogP contribution is 2.40. The van der Waals surface area contributed by atoms with Gasteiger partial charge in [-0.05, 0) is 54.3 Å². The number of piperidine rings is 1. The van der Waals surface area contributed by atoms with Crippen LogP contribution in [0.5, 0.6) is 0 Å². The fraction of sp³-hybridized carbons (Fsp3) is 0.364. The van der Waals surface area contributed by atoms with E-state index in [1.165, 1.54) is 16.2 Å². The van der Waals surface area contributed by atoms with Gasteiger partial charge in [0.05, 0.1) is 11.3 Å². The SMILES string of the molecule is Cc1c(Cl)cccc1N1C(=O)C(c2cccs2)=C(N2CC(C)CC(C)C2)C1=O. The molecule has 0 radical (unpaired) electrons. The fourth-order valence-electron chi connectivity index (χ4n) is 4.36. The minimum atomic E-state index is -0.265. The number of benzene rings is 1. The zero-order valence-corrected chi connectivity index (χ0v) is 17.8. The van der Waals surface area contributed by atoms with Gasteiger partial charge in [0.15, 0.2) is 0 Å². The van der Waals surface area contributed by atoms with Gasteiger partial charge in [-0.15, -0.1) is 11.3 Å². The maximum absolute atomic E-state index is 13.6. The lowest BCUT2D eigenvalue weighted by atomic mass is 9.91. The van der Waals surface area contributed by atoms with Gasteiger partial charge in [-0.2, -0.15) is 0 Å². The van der Waals surface area contributed by atoms with Gasteiger partial charge in [-0.3, -0.25) is 9.59 Å². The van der Waals surface area contributed by atoms with Crippen molar-refractivity contribution in [1.29, 1.82) is 0 Å². The van der Waals surface area contributed by atoms with Gasteiger partial charge < -0.3 is 4.90 Å². The number of amides is 2. The third kappa shape index (κ3) is 3.16. The molecule has 0 N–H and O–H groups in total. The Kier molecular flexibility index (Phi) is 5.06. The normalized spacial score (nSPS) is 23.1. The Morgan fingerprint density at radius 3 is 2.39 bits per heavy atom. The Morgan fingerprint density at radius 2 is 1.75 bits per heavy atom. The minimum Gasteiger partial charge on any atom is -0.366 e. The van der Waals surface area contributed by atoms with E-state index in [4.69, 9.17) is 11.6 Å². The molecule has 3 heterocycles. The first-order valence-corrected chi connectivity index (χ1v) is 10.8. The van der Waals surface area contributed by atoms with Crippen molar-refractivity contribution in [1.82, 2.24) is 4.90 Å². The van der Waals surface area contributed by atoms with E-state index in [0.717, 1.165) is 30.0 Å². The third-order valence-corrected chi connectivity index (χ3v) is 6.79. The molecule has 1 saturated heterocycles. The van der Waals surface area contributed by atoms with Gasteiger partial charge in [0.25, 0.3) is 11.8 Å². The summed E-state index contributed by atoms with van der Waals surface area (Å²) in [6.45, 7) is 7.82. The molecule has 1 aromatic heterocycles. The Hall–Kier alpha value is -2.11. The van der Waals surface area contributed by atoms with Gasteiger partial charge in [-0.1, -0.05) is 37.6 Å². The number of hydrogen-bond acceptors (Lipinski definition) is 4. The van der Waals surface area contributed by atoms with Crippen LogP contribution in [0, 0.1) is 18.8 Å². The topological polar surface area (TPSA) is 40.6 Å². The average molecular weight is 415 g/mol. The Labute approximate surface area is 174 Å². The molecule has 4 rings (SSSR count). The van der Waals surface area contributed by atoms with E-state index >= 15 is 0 Å². The van der Waals surface area contributed by atoms with Crippen molar-refractivity contribution in [2.45, 2.75) is 27.2 Å². The lowest BCUT2D eigenvalue weighted by Crippen LogP contribution is -2.42. The molecule has 0 aliphatic carbocycles. The van der Waals surface area contributed by atoms with E-state index in [9.17, 15) is 9.59 Å². The maximum atomic E-state index is 13.6. The van der Waals surface area contributed by atoms with E-state index in [2.05, 4.69) is 18.7 Å². The van der Waals surface area contributed by atoms with Crippen LogP contribution in [0.2, 0.25) is 5.02 Å². The van der Waals surface area contributed by atoms with Crippen LogP contribution in [-0.4, -0.2) is 29.8 Å². The maximum Gasteiger partial charge on any atom is 0.282 e. The quantitative estimate of drug-likeness (QED) is 0.665. The van der Waals surface area contributed by atoms with Gasteiger partial charge in [-0.25, -0.2) is 4.90 Å². The predicted octanol–water partition coefficient (Wildman–Crippen LogP) is 4.97. The zero-order valence-electron chi connectivity index (χ0n) is 16.2. The molecular formula is C22H23ClN2O2S. The van der Waals surface area contributed by atoms with Crippen molar-refractivity contribution in [3.63, 3.8) is 0 Å². The summed E-state index contributed by atoms with van der Waals surface area (Å²) in [6, 6.07) is 9.16. The molecular weight excluding hydrogens is 392 g/mol. The Morgan fingerprint density at radius 1 is 1.04 bits per heavy atom. The number of imide groups is 1. The molecule has 1 aromatic carbocycles. The van der Waals surface area contributed by atoms with E-state index in [0.29, 0.717) is 33.8 Å². The fourth-order valence-corrected chi connectivity index (χ4v) is 5.29. The summed E-state index contributed by atoms with van der Waals surface area (Å²) in [4.78, 5) is 31.3. The van der Waals surface area contributed by atoms with Crippen LogP contribution in [0.1, 0.15) is 30.7 Å². The molecule has 2 atom stereocenters. The van der Waals surface area contributed by atoms with Crippen molar-refractivity contribution in [3.05, 3.63) is 56.9 Å². The van der Waals surface area contributed by atoms with Crippen LogP contribution in [0.4, 0.5) is 5.69 Å². The molecule has 2 amide bonds. The van der Waals surface area contributed by atoms with Crippen LogP contribution in [-0.2, 0) is 9.59 Å². The number of nitrogens with zero attached hydrogens (tertiary/aromatic N) is 2. The van der Waals surface area contributed by atoms with Crippen LogP contribution in [0.25, 0.3) is 5.57 Å². The summed E-state index contributed by atoms with van der Waals surface area (Å²) in [6.07, 6.45) is 1.14. The number of likely N-dealkylation sites (tertiary alicyclic amines) is 1. The standard InChI is InChI=1S/C22H23ClN2O2S/c1-13-10-14(2)12-24(11-13)20-19(18-8-5-9-28-18)21(26)25(22(20)27)17-7-4-6-16(23)15(17)3/h4-9,13-14H,10-12H2,1-3H3. The van der Waals surface area contributed by atoms with Gasteiger partial charge in [0, 0.05) is 23.0 Å². The number of anilines is 1. The second-order valence-electron chi connectivity index (χ2n) is 7.88. The van der Waals surface area contributed by atoms with Crippen LogP contribution < -0.4 is 4.90 Å². The molecule has 6 heteroatoms. The summed E-state index contributed by atoms with van der Waals surface area (Å²) in [5, 5.41) is 2.48. The predicted molar refractivity (Wildman–Crippen MR) is 114 cm³/mol. The first kappa shape index (κ1) is 19.2. The van der Waals surface area contributed by atoms with E-state index in [1.807, 2.05) is 24.4 Å². The summed E-state index contributed by atoms with van der Waals surface area (Å²) in [5.74, 6) is 0.440. The van der Waals surface area contributed by atoms with Crippen molar-refractivity contribution in [3.8, 4) is 0 Å². The van der Waals surface area contributed by atoms with E-state index in [-0.39, 0.29) is 11.8 Å². The lowest BCUT2D eigenvalue weighted by Gasteiger charge is -2.37. The molecule has 146 valence electrons. The number of halogens is 1. The first-order valence-electron chi connectivity index (χ1n) is 9.55. The van der Waals surface area contributed by atoms with Gasteiger partial charge in [0.2, 0.25) is 0 Å². The van der Waals surface area contributed by atoms with Gasteiger partial charge in [0.1, 0.15) is 5.70 Å². The highest BCUT2D eigenvalue weighted by molar-refractivity contribution is 7.11. The summed E-state index contributed by atoms with van der Waals surface area (Å²) in [5.41, 5.74) is 2.34. The van der Waals surface area contributed by atoms with Gasteiger partial charge >= 0.3 is 0 Å². The minimum absolute atomic E-state index is 0.250. The van der Waals surface area contributed by atoms with Crippen molar-refractivity contribution in [2.24, 2.45) is 11.8 Å². The number of carbonyl (C=O) groups excluding carboxylic acids is 2. The number of carbonyl (C=O) groups is 2. The summed E-state index contributed by atoms with van der Waals surface area (Å²) >= 11 is 7.77. The third-order valence-electron chi connectivity index (χ3n) is 5.49. The number of thiophene rings is 1. The monoisotopic (exact) mass is 414 g/mol. The molecule has 2 aliphatic rings. The molecule has 4 nitrogen and oxygen atoms in total. The van der Waals surface area contributed by atoms with E-state index < -0.39 is 0 Å². The van der Waals surface area contributed by atoms with Crippen molar-refractivity contribution in [2.75, 3.05) is 18.0 Å². The van der Waals surface area contributed by atoms with Crippen LogP contribution >= 0.6 is 22.9 Å². The summed E-state index contributed by atoms with van der Waals surface area (Å²) < 4.78 is 0. The van der Waals surface area contributed by atoms with Crippen LogP contribution in [0.15, 0.2) is 41.4 Å². The highest BCUT2D eigenvalue weighted by Gasteiger charge is 2.44. The molecule has 2 aliphatic heterocycles. The molecule has 2 aromatic rings. The zero-order chi connectivity index (χ0) is 20.0. The van der Waals surface area contributed by atoms with Crippen molar-refractivity contribution >= 4 is 46.0 Å². The van der Waals surface area contributed by atoms with Crippen molar-refractivity contribution < 1.29 is 9.59 Å². The number of rotatable bonds is 3. The molecule has 28 heavy (non-hydrogen) atoms. The molecule has 1 fully saturated rings. The largest absolute Gasteiger partial charge is 0.366 e. The average Bonchev–Trinajstić information content (AvgIpc) is 3.23. The Balaban J connectivity index is 1.84. The van der Waals surface area contributed by atoms with Crippen LogP contribution in [0.3, 0.4) is 0 Å². The molecule has 0 saturated carbocycles. The smallest absolute Gasteiger partial charge is 0.282 e. The summed E-state index contributed by atoms with van der Waals surface area (Å²) in [7, 11) is 0. The number of hydrogen-bond donors (Lipinski definition) is 0. The highest BCUT2D eigenvalue weighted by atomic mass is 35.5. The molecule has 0 spiro atoms. The van der Waals surface area contributed by atoms with E-state index in [1.54, 1.807) is 18.2 Å². The molecule has 0 bridgehead atoms.